The second-order valence-electron chi connectivity index (χ2n) is 5.11. The fraction of sp³-hybridized carbons (Fsp3) is 0.600. The number of piperidine rings is 1. The highest BCUT2D eigenvalue weighted by Crippen LogP contribution is 2.15. The van der Waals surface area contributed by atoms with Gasteiger partial charge in [0, 0.05) is 6.54 Å². The van der Waals surface area contributed by atoms with E-state index in [1.165, 1.54) is 37.9 Å². The summed E-state index contributed by atoms with van der Waals surface area (Å²) in [6.07, 6.45) is 3.94. The number of ether oxygens (including phenoxy) is 1. The van der Waals surface area contributed by atoms with Crippen LogP contribution in [0.3, 0.4) is 0 Å². The quantitative estimate of drug-likeness (QED) is 0.868. The van der Waals surface area contributed by atoms with Gasteiger partial charge in [-0.1, -0.05) is 18.6 Å². The van der Waals surface area contributed by atoms with Crippen molar-refractivity contribution >= 4 is 0 Å². The Bertz CT molecular complexity index is 361. The molecule has 3 nitrogen and oxygen atoms in total. The van der Waals surface area contributed by atoms with Gasteiger partial charge in [-0.05, 0) is 50.6 Å². The van der Waals surface area contributed by atoms with Crippen molar-refractivity contribution in [2.45, 2.75) is 32.2 Å². The molecule has 1 fully saturated rings. The van der Waals surface area contributed by atoms with Crippen LogP contribution in [-0.4, -0.2) is 37.2 Å². The molecule has 1 aromatic carbocycles. The van der Waals surface area contributed by atoms with Gasteiger partial charge in [-0.15, -0.1) is 0 Å². The maximum Gasteiger partial charge on any atom is 0.119 e. The molecule has 18 heavy (non-hydrogen) atoms. The number of hydrogen-bond acceptors (Lipinski definition) is 3. The van der Waals surface area contributed by atoms with Gasteiger partial charge in [0.1, 0.15) is 12.4 Å². The molecule has 0 aromatic heterocycles. The van der Waals surface area contributed by atoms with E-state index in [-0.39, 0.29) is 0 Å². The van der Waals surface area contributed by atoms with Gasteiger partial charge in [-0.25, -0.2) is 0 Å². The van der Waals surface area contributed by atoms with E-state index in [9.17, 15) is 0 Å². The SMILES string of the molecule is Cc1cccc(OCC(CN)N2CCCCC2)c1. The number of benzene rings is 1. The Morgan fingerprint density at radius 3 is 2.72 bits per heavy atom. The van der Waals surface area contributed by atoms with Gasteiger partial charge in [-0.3, -0.25) is 4.90 Å². The summed E-state index contributed by atoms with van der Waals surface area (Å²) in [6, 6.07) is 8.55. The van der Waals surface area contributed by atoms with E-state index in [4.69, 9.17) is 10.5 Å². The first kappa shape index (κ1) is 13.4. The van der Waals surface area contributed by atoms with Gasteiger partial charge in [0.2, 0.25) is 0 Å². The second kappa shape index (κ2) is 6.76. The zero-order valence-corrected chi connectivity index (χ0v) is 11.3. The number of nitrogens with zero attached hydrogens (tertiary/aromatic N) is 1. The molecule has 2 N–H and O–H groups in total. The van der Waals surface area contributed by atoms with Gasteiger partial charge in [0.15, 0.2) is 0 Å². The molecular weight excluding hydrogens is 224 g/mol. The molecule has 1 saturated heterocycles. The fourth-order valence-electron chi connectivity index (χ4n) is 2.50. The molecule has 3 heteroatoms. The van der Waals surface area contributed by atoms with Crippen LogP contribution < -0.4 is 10.5 Å². The van der Waals surface area contributed by atoms with E-state index in [0.717, 1.165) is 5.75 Å². The Morgan fingerprint density at radius 1 is 1.28 bits per heavy atom. The summed E-state index contributed by atoms with van der Waals surface area (Å²) in [7, 11) is 0. The van der Waals surface area contributed by atoms with Gasteiger partial charge >= 0.3 is 0 Å². The Labute approximate surface area is 110 Å². The number of aryl methyl sites for hydroxylation is 1. The minimum atomic E-state index is 0.353. The average Bonchev–Trinajstić information content (AvgIpc) is 2.41. The van der Waals surface area contributed by atoms with E-state index in [2.05, 4.69) is 24.0 Å². The maximum atomic E-state index is 5.88. The van der Waals surface area contributed by atoms with Crippen LogP contribution >= 0.6 is 0 Å². The first-order valence-corrected chi connectivity index (χ1v) is 6.93. The maximum absolute atomic E-state index is 5.88. The summed E-state index contributed by atoms with van der Waals surface area (Å²) >= 11 is 0. The van der Waals surface area contributed by atoms with Gasteiger partial charge in [0.25, 0.3) is 0 Å². The highest BCUT2D eigenvalue weighted by Gasteiger charge is 2.19. The smallest absolute Gasteiger partial charge is 0.119 e. The van der Waals surface area contributed by atoms with Crippen LogP contribution in [-0.2, 0) is 0 Å². The molecule has 0 spiro atoms. The molecule has 1 aliphatic rings. The molecule has 2 rings (SSSR count). The van der Waals surface area contributed by atoms with E-state index in [0.29, 0.717) is 19.2 Å². The van der Waals surface area contributed by atoms with Crippen molar-refractivity contribution in [3.63, 3.8) is 0 Å². The second-order valence-corrected chi connectivity index (χ2v) is 5.11. The highest BCUT2D eigenvalue weighted by molar-refractivity contribution is 5.27. The summed E-state index contributed by atoms with van der Waals surface area (Å²) in [5, 5.41) is 0. The van der Waals surface area contributed by atoms with Crippen molar-refractivity contribution in [2.24, 2.45) is 5.73 Å². The van der Waals surface area contributed by atoms with Crippen molar-refractivity contribution < 1.29 is 4.74 Å². The summed E-state index contributed by atoms with van der Waals surface area (Å²) in [4.78, 5) is 2.47. The number of rotatable bonds is 5. The van der Waals surface area contributed by atoms with Crippen molar-refractivity contribution in [2.75, 3.05) is 26.2 Å². The number of hydrogen-bond donors (Lipinski definition) is 1. The summed E-state index contributed by atoms with van der Waals surface area (Å²) < 4.78 is 5.87. The highest BCUT2D eigenvalue weighted by atomic mass is 16.5. The van der Waals surface area contributed by atoms with Crippen LogP contribution in [0.25, 0.3) is 0 Å². The molecule has 1 aliphatic heterocycles. The van der Waals surface area contributed by atoms with Gasteiger partial charge < -0.3 is 10.5 Å². The van der Waals surface area contributed by atoms with Crippen LogP contribution in [0.4, 0.5) is 0 Å². The molecule has 0 bridgehead atoms. The van der Waals surface area contributed by atoms with E-state index < -0.39 is 0 Å². The predicted molar refractivity (Wildman–Crippen MR) is 74.9 cm³/mol. The zero-order valence-electron chi connectivity index (χ0n) is 11.3. The van der Waals surface area contributed by atoms with Crippen LogP contribution in [0.15, 0.2) is 24.3 Å². The van der Waals surface area contributed by atoms with Crippen molar-refractivity contribution in [3.05, 3.63) is 29.8 Å². The molecule has 1 aromatic rings. The molecule has 0 saturated carbocycles. The zero-order chi connectivity index (χ0) is 12.8. The molecule has 0 radical (unpaired) electrons. The molecule has 1 atom stereocenters. The minimum absolute atomic E-state index is 0.353. The third-order valence-electron chi connectivity index (χ3n) is 3.61. The van der Waals surface area contributed by atoms with Gasteiger partial charge in [0.05, 0.1) is 6.04 Å². The van der Waals surface area contributed by atoms with Gasteiger partial charge in [-0.2, -0.15) is 0 Å². The summed E-state index contributed by atoms with van der Waals surface area (Å²) in [6.45, 7) is 5.78. The number of likely N-dealkylation sites (tertiary alicyclic amines) is 1. The Morgan fingerprint density at radius 2 is 2.06 bits per heavy atom. The average molecular weight is 248 g/mol. The lowest BCUT2D eigenvalue weighted by Crippen LogP contribution is -2.46. The van der Waals surface area contributed by atoms with Crippen molar-refractivity contribution in [1.29, 1.82) is 0 Å². The largest absolute Gasteiger partial charge is 0.492 e. The summed E-state index contributed by atoms with van der Waals surface area (Å²) in [5.41, 5.74) is 7.11. The first-order valence-electron chi connectivity index (χ1n) is 6.93. The van der Waals surface area contributed by atoms with Crippen LogP contribution in [0, 0.1) is 6.92 Å². The molecule has 0 aliphatic carbocycles. The summed E-state index contributed by atoms with van der Waals surface area (Å²) in [5.74, 6) is 0.949. The molecule has 100 valence electrons. The van der Waals surface area contributed by atoms with E-state index >= 15 is 0 Å². The fourth-order valence-corrected chi connectivity index (χ4v) is 2.50. The lowest BCUT2D eigenvalue weighted by molar-refractivity contribution is 0.118. The minimum Gasteiger partial charge on any atom is -0.492 e. The lowest BCUT2D eigenvalue weighted by atomic mass is 10.1. The first-order chi connectivity index (χ1) is 8.79. The normalized spacial score (nSPS) is 18.6. The Hall–Kier alpha value is -1.06. The monoisotopic (exact) mass is 248 g/mol. The van der Waals surface area contributed by atoms with Crippen LogP contribution in [0.2, 0.25) is 0 Å². The molecular formula is C15H24N2O. The third-order valence-corrected chi connectivity index (χ3v) is 3.61. The molecule has 1 unspecified atom stereocenters. The van der Waals surface area contributed by atoms with Crippen LogP contribution in [0.1, 0.15) is 24.8 Å². The Kier molecular flexibility index (Phi) is 5.02. The predicted octanol–water partition coefficient (Wildman–Crippen LogP) is 2.19. The van der Waals surface area contributed by atoms with E-state index in [1.54, 1.807) is 0 Å². The number of nitrogens with two attached hydrogens (primary N) is 1. The van der Waals surface area contributed by atoms with Crippen LogP contribution in [0.5, 0.6) is 5.75 Å². The molecule has 0 amide bonds. The standard InChI is InChI=1S/C15H24N2O/c1-13-6-5-7-15(10-13)18-12-14(11-16)17-8-3-2-4-9-17/h5-7,10,14H,2-4,8-9,11-12,16H2,1H3. The third kappa shape index (κ3) is 3.72. The van der Waals surface area contributed by atoms with Crippen molar-refractivity contribution in [1.82, 2.24) is 4.90 Å². The van der Waals surface area contributed by atoms with Crippen molar-refractivity contribution in [3.8, 4) is 5.75 Å². The molecule has 1 heterocycles. The van der Waals surface area contributed by atoms with E-state index in [1.807, 2.05) is 12.1 Å². The Balaban J connectivity index is 1.86. The topological polar surface area (TPSA) is 38.5 Å². The lowest BCUT2D eigenvalue weighted by Gasteiger charge is -2.33.